The third-order valence-corrected chi connectivity index (χ3v) is 26.9. The van der Waals surface area contributed by atoms with E-state index in [1.807, 2.05) is 91.3 Å². The van der Waals surface area contributed by atoms with Crippen molar-refractivity contribution in [3.63, 3.8) is 0 Å². The van der Waals surface area contributed by atoms with Crippen LogP contribution in [0, 0.1) is 42.6 Å². The molecule has 0 bridgehead atoms. The zero-order valence-corrected chi connectivity index (χ0v) is 75.4. The van der Waals surface area contributed by atoms with E-state index in [0.717, 1.165) is 139 Å². The number of halogens is 2. The van der Waals surface area contributed by atoms with Crippen LogP contribution in [0.1, 0.15) is 117 Å². The number of anilines is 4. The largest absolute Gasteiger partial charge is 0.460 e. The summed E-state index contributed by atoms with van der Waals surface area (Å²) in [5, 5.41) is 26.9. The minimum Gasteiger partial charge on any atom is -0.460 e. The number of aryl methyl sites for hydroxylation is 1. The lowest BCUT2D eigenvalue weighted by Gasteiger charge is -2.37. The number of nitrogens with two attached hydrogens (primary N) is 1. The minimum absolute atomic E-state index is 0.0438. The van der Waals surface area contributed by atoms with Crippen molar-refractivity contribution >= 4 is 140 Å². The van der Waals surface area contributed by atoms with E-state index in [-0.39, 0.29) is 62.0 Å². The highest BCUT2D eigenvalue weighted by molar-refractivity contribution is 9.10. The quantitative estimate of drug-likeness (QED) is 0.0188. The first-order chi connectivity index (χ1) is 61.2. The van der Waals surface area contributed by atoms with Crippen LogP contribution in [0.5, 0.6) is 0 Å². The lowest BCUT2D eigenvalue weighted by molar-refractivity contribution is -0.157. The van der Waals surface area contributed by atoms with E-state index < -0.39 is 40.1 Å². The number of carbonyl (C=O) groups is 2. The number of fused-ring (bicyclic) bond motifs is 4. The molecule has 4 aliphatic rings. The van der Waals surface area contributed by atoms with Crippen LogP contribution in [0.25, 0.3) is 83.3 Å². The molecular formula is C90H93BrClN19O14S3. The number of sulfone groups is 1. The molecule has 33 nitrogen and oxygen atoms in total. The molecule has 3 aromatic carbocycles. The summed E-state index contributed by atoms with van der Waals surface area (Å²) in [5.74, 6) is 2.06. The molecule has 0 saturated heterocycles. The summed E-state index contributed by atoms with van der Waals surface area (Å²) >= 11 is 3.54. The fourth-order valence-corrected chi connectivity index (χ4v) is 19.4. The van der Waals surface area contributed by atoms with Crippen molar-refractivity contribution in [1.82, 2.24) is 58.8 Å². The number of hydrogen-bond donors (Lipinski definition) is 8. The average molecular weight is 1880 g/mol. The number of pyridine rings is 4. The van der Waals surface area contributed by atoms with Gasteiger partial charge in [-0.05, 0) is 200 Å². The van der Waals surface area contributed by atoms with Gasteiger partial charge >= 0.3 is 11.9 Å². The predicted octanol–water partition coefficient (Wildman–Crippen LogP) is 18.1. The number of oxazole rings is 4. The molecule has 38 heteroatoms. The molecule has 664 valence electrons. The maximum absolute atomic E-state index is 13.2. The van der Waals surface area contributed by atoms with E-state index in [9.17, 15) is 34.8 Å². The number of esters is 2. The Hall–Kier alpha value is -13.0. The zero-order valence-electron chi connectivity index (χ0n) is 70.6. The fourth-order valence-electron chi connectivity index (χ4n) is 15.2. The Balaban J connectivity index is 0.000000131. The van der Waals surface area contributed by atoms with E-state index >= 15 is 0 Å². The summed E-state index contributed by atoms with van der Waals surface area (Å²) in [6, 6.07) is 29.6. The van der Waals surface area contributed by atoms with E-state index in [0.29, 0.717) is 65.8 Å². The minimum atomic E-state index is -3.77. The molecule has 12 heterocycles. The molecule has 0 amide bonds. The van der Waals surface area contributed by atoms with Gasteiger partial charge in [0.1, 0.15) is 53.2 Å². The SMILES string of the molecule is CC(C)(C)OC(=O)CC1CC(Nc2c(-c3ncco3)cnc3[nH]ccc23)C1.Cc1ccc(S(=O)(=O)n2ccc3c(NC4CC(CC(=O)OC(C)(C)C)C4)c(Br)cnc32)cc1.N#Cc1cccc(S(=O)(=O)CC2CC(Nc3c(-c4ncco4)cnc4[nH]ccc34)C2)c1.NC1CC(Nc2c(-c3ncco3)cnc3[nH]ccc23)C1.[C-]#[N+]c1cccc(S(=O)(=O)Cl)c1.c1cocn1. The molecule has 4 fully saturated rings. The first-order valence-electron chi connectivity index (χ1n) is 41.0. The maximum Gasteiger partial charge on any atom is 0.306 e. The Morgan fingerprint density at radius 1 is 0.570 bits per heavy atom. The van der Waals surface area contributed by atoms with Gasteiger partial charge in [-0.1, -0.05) is 35.9 Å². The van der Waals surface area contributed by atoms with Crippen LogP contribution in [0.4, 0.5) is 28.4 Å². The Bertz CT molecular complexity index is 6780. The number of hydrogen-bond acceptors (Lipinski definition) is 28. The van der Waals surface area contributed by atoms with Gasteiger partial charge in [-0.2, -0.15) is 5.26 Å². The highest BCUT2D eigenvalue weighted by atomic mass is 79.9. The molecular weight excluding hydrogens is 1780 g/mol. The fraction of sp³-hybridized carbons (Fsp3) is 0.311. The van der Waals surface area contributed by atoms with Gasteiger partial charge in [0, 0.05) is 125 Å². The normalized spacial score (nSPS) is 18.2. The number of nitrogens with zero attached hydrogens (tertiary/aromatic N) is 11. The molecule has 128 heavy (non-hydrogen) atoms. The Kier molecular flexibility index (Phi) is 28.1. The second-order valence-electron chi connectivity index (χ2n) is 33.4. The van der Waals surface area contributed by atoms with Gasteiger partial charge in [0.25, 0.3) is 19.1 Å². The molecule has 0 aliphatic heterocycles. The summed E-state index contributed by atoms with van der Waals surface area (Å²) in [5.41, 5.74) is 15.5. The van der Waals surface area contributed by atoms with Gasteiger partial charge in [0.05, 0.1) is 107 Å². The van der Waals surface area contributed by atoms with Crippen LogP contribution in [-0.4, -0.2) is 143 Å². The molecule has 0 spiro atoms. The highest BCUT2D eigenvalue weighted by Gasteiger charge is 2.38. The molecule has 0 atom stereocenters. The molecule has 0 radical (unpaired) electrons. The van der Waals surface area contributed by atoms with Crippen LogP contribution in [0.2, 0.25) is 0 Å². The van der Waals surface area contributed by atoms with E-state index in [1.54, 1.807) is 111 Å². The second-order valence-corrected chi connectivity index (χ2v) is 40.6. The lowest BCUT2D eigenvalue weighted by atomic mass is 9.78. The van der Waals surface area contributed by atoms with Crippen LogP contribution in [0.3, 0.4) is 0 Å². The zero-order chi connectivity index (χ0) is 90.7. The summed E-state index contributed by atoms with van der Waals surface area (Å²) in [6.07, 6.45) is 35.8. The van der Waals surface area contributed by atoms with Crippen LogP contribution in [-0.2, 0) is 48.0 Å². The van der Waals surface area contributed by atoms with Crippen molar-refractivity contribution in [2.75, 3.05) is 27.0 Å². The number of benzene rings is 3. The number of nitrogens with one attached hydrogen (secondary N) is 7. The van der Waals surface area contributed by atoms with Crippen molar-refractivity contribution < 1.29 is 62.0 Å². The monoisotopic (exact) mass is 1870 g/mol. The van der Waals surface area contributed by atoms with Gasteiger partial charge in [0.2, 0.25) is 17.7 Å². The van der Waals surface area contributed by atoms with Crippen molar-refractivity contribution in [2.24, 2.45) is 23.5 Å². The van der Waals surface area contributed by atoms with Crippen molar-refractivity contribution in [1.29, 1.82) is 5.26 Å². The van der Waals surface area contributed by atoms with E-state index in [2.05, 4.69) is 101 Å². The smallest absolute Gasteiger partial charge is 0.306 e. The van der Waals surface area contributed by atoms with Gasteiger partial charge < -0.3 is 69.1 Å². The third-order valence-electron chi connectivity index (χ3n) is 21.3. The third kappa shape index (κ3) is 22.8. The van der Waals surface area contributed by atoms with Crippen LogP contribution in [0.15, 0.2) is 240 Å². The maximum atomic E-state index is 13.2. The van der Waals surface area contributed by atoms with Gasteiger partial charge in [-0.25, -0.2) is 73.9 Å². The van der Waals surface area contributed by atoms with Gasteiger partial charge in [-0.15, -0.1) is 0 Å². The molecule has 15 aromatic rings. The summed E-state index contributed by atoms with van der Waals surface area (Å²) in [4.78, 5) is 70.8. The van der Waals surface area contributed by atoms with Gasteiger partial charge in [-0.3, -0.25) is 9.59 Å². The Morgan fingerprint density at radius 3 is 1.45 bits per heavy atom. The summed E-state index contributed by atoms with van der Waals surface area (Å²) in [7, 11) is -5.85. The number of aromatic amines is 3. The molecule has 19 rings (SSSR count). The molecule has 12 aromatic heterocycles. The predicted molar refractivity (Wildman–Crippen MR) is 487 cm³/mol. The Labute approximate surface area is 750 Å². The number of H-pyrrole nitrogens is 3. The Morgan fingerprint density at radius 2 is 1.03 bits per heavy atom. The number of carbonyl (C=O) groups excluding carboxylic acids is 2. The molecule has 0 unspecified atom stereocenters. The van der Waals surface area contributed by atoms with Crippen molar-refractivity contribution in [2.45, 2.75) is 169 Å². The lowest BCUT2D eigenvalue weighted by Crippen LogP contribution is -2.44. The number of rotatable bonds is 21. The number of ether oxygens (including phenoxy) is 2. The van der Waals surface area contributed by atoms with Gasteiger partial charge in [0.15, 0.2) is 27.6 Å². The van der Waals surface area contributed by atoms with Crippen LogP contribution >= 0.6 is 26.6 Å². The molecule has 9 N–H and O–H groups in total. The number of nitriles is 1. The van der Waals surface area contributed by atoms with E-state index in [1.165, 1.54) is 59.4 Å². The highest BCUT2D eigenvalue weighted by Crippen LogP contribution is 2.44. The summed E-state index contributed by atoms with van der Waals surface area (Å²) < 4.78 is 107. The first kappa shape index (κ1) is 91.2. The average Bonchev–Trinajstić information content (AvgIpc) is 1.60. The topological polar surface area (TPSA) is 465 Å². The first-order valence-corrected chi connectivity index (χ1v) is 47.2. The van der Waals surface area contributed by atoms with Crippen LogP contribution < -0.4 is 27.0 Å². The van der Waals surface area contributed by atoms with E-state index in [4.69, 9.17) is 51.0 Å². The second kappa shape index (κ2) is 39.5. The molecule has 4 aliphatic carbocycles. The van der Waals surface area contributed by atoms with Crippen molar-refractivity contribution in [3.8, 4) is 40.4 Å². The number of aromatic nitrogens is 12. The van der Waals surface area contributed by atoms with Crippen molar-refractivity contribution in [3.05, 3.63) is 230 Å². The molecule has 4 saturated carbocycles. The standard InChI is InChI=1S/C24H28BrN3O4S.C22H19N5O3S.C20H24N4O3.C14H15N5O.C7H4ClNO2S.C3H3NO/c1-15-5-7-18(8-6-15)33(30,31)28-10-9-19-22(20(25)14-26-23(19)28)27-17-11-16(12-17)13-21(29)32-24(2,3)4;23-11-14-2-1-3-17(10-14)31(28,29)13-15-8-16(9-15)27-20-18-4-5-24-21(18)26-12-19(20)22-25-6-7-30-22;1-20(2,3)27-16(25)10-12-8-13(9-12)24-17-14-4-5-21-18(14)23-11-15(17)19-22-6-7-26-19;15-8-5-9(6-8)19-12-10-1-2-16-13(10)18-7-11(12)14-17-3-4-20-14;1-9-6-3-2-4-7(5-6)12(8,10)11;1-2-5-3-4-1/h5-10,14,16-17H,11-13H2,1-4H3,(H,26,27);1-7,10,12,15-16H,8-9,13H2,(H2,24,26,27);4-7,11-13H,8-10H2,1-3H3,(H2,21,23,24);1-4,7-9H,5-6,15H2,(H2,16,18,19);2-5H;1-3H. The summed E-state index contributed by atoms with van der Waals surface area (Å²) in [6.45, 7) is 19.8.